The van der Waals surface area contributed by atoms with Crippen molar-refractivity contribution in [3.8, 4) is 11.5 Å². The van der Waals surface area contributed by atoms with Gasteiger partial charge in [0.2, 0.25) is 5.91 Å². The molecule has 7 heteroatoms. The van der Waals surface area contributed by atoms with Crippen LogP contribution in [0.25, 0.3) is 0 Å². The van der Waals surface area contributed by atoms with Gasteiger partial charge in [0.05, 0.1) is 19.6 Å². The van der Waals surface area contributed by atoms with Crippen LogP contribution >= 0.6 is 0 Å². The first-order chi connectivity index (χ1) is 12.9. The number of carboxylic acids is 1. The average molecular weight is 377 g/mol. The Bertz CT molecular complexity index is 679. The molecule has 1 aliphatic rings. The number of aliphatic carboxylic acids is 1. The van der Waals surface area contributed by atoms with Crippen LogP contribution in [0.5, 0.6) is 11.5 Å². The van der Waals surface area contributed by atoms with E-state index in [1.807, 2.05) is 0 Å². The van der Waals surface area contributed by atoms with E-state index in [9.17, 15) is 14.4 Å². The van der Waals surface area contributed by atoms with Gasteiger partial charge in [-0.15, -0.1) is 0 Å². The summed E-state index contributed by atoms with van der Waals surface area (Å²) in [7, 11) is 1.51. The molecule has 1 aromatic rings. The Balaban J connectivity index is 1.70. The van der Waals surface area contributed by atoms with E-state index in [1.165, 1.54) is 14.0 Å². The number of hydrogen-bond acceptors (Lipinski definition) is 5. The van der Waals surface area contributed by atoms with Gasteiger partial charge in [-0.1, -0.05) is 0 Å². The molecule has 0 atom stereocenters. The summed E-state index contributed by atoms with van der Waals surface area (Å²) in [6.45, 7) is 1.84. The zero-order chi connectivity index (χ0) is 19.8. The van der Waals surface area contributed by atoms with Crippen LogP contribution in [0.3, 0.4) is 0 Å². The van der Waals surface area contributed by atoms with Gasteiger partial charge in [-0.3, -0.25) is 14.4 Å². The topological polar surface area (TPSA) is 102 Å². The minimum absolute atomic E-state index is 0.0451. The summed E-state index contributed by atoms with van der Waals surface area (Å²) < 4.78 is 10.9. The summed E-state index contributed by atoms with van der Waals surface area (Å²) >= 11 is 0. The maximum Gasteiger partial charge on any atom is 0.306 e. The number of rotatable bonds is 9. The normalized spacial score (nSPS) is 19.2. The molecule has 0 heterocycles. The lowest BCUT2D eigenvalue weighted by Gasteiger charge is -2.26. The highest BCUT2D eigenvalue weighted by Crippen LogP contribution is 2.28. The molecule has 1 aromatic carbocycles. The molecule has 2 N–H and O–H groups in total. The SMILES string of the molecule is COc1cc(C(C)=O)ccc1OCCCC(=O)NC1CCC(C(=O)O)CC1. The first kappa shape index (κ1) is 20.7. The van der Waals surface area contributed by atoms with Gasteiger partial charge in [-0.05, 0) is 57.2 Å². The van der Waals surface area contributed by atoms with Crippen molar-refractivity contribution in [2.75, 3.05) is 13.7 Å². The molecule has 0 radical (unpaired) electrons. The van der Waals surface area contributed by atoms with E-state index >= 15 is 0 Å². The van der Waals surface area contributed by atoms with Gasteiger partial charge in [0.1, 0.15) is 0 Å². The van der Waals surface area contributed by atoms with Crippen molar-refractivity contribution in [1.82, 2.24) is 5.32 Å². The third kappa shape index (κ3) is 6.27. The number of carboxylic acid groups (broad SMARTS) is 1. The Hall–Kier alpha value is -2.57. The molecule has 0 aliphatic heterocycles. The average Bonchev–Trinajstić information content (AvgIpc) is 2.65. The zero-order valence-electron chi connectivity index (χ0n) is 15.8. The van der Waals surface area contributed by atoms with Crippen LogP contribution in [0.15, 0.2) is 18.2 Å². The number of carbonyl (C=O) groups excluding carboxylic acids is 2. The summed E-state index contributed by atoms with van der Waals surface area (Å²) in [6, 6.07) is 5.07. The van der Waals surface area contributed by atoms with Crippen molar-refractivity contribution >= 4 is 17.7 Å². The smallest absolute Gasteiger partial charge is 0.306 e. The van der Waals surface area contributed by atoms with Crippen molar-refractivity contribution in [3.05, 3.63) is 23.8 Å². The molecule has 0 unspecified atom stereocenters. The first-order valence-corrected chi connectivity index (χ1v) is 9.24. The highest BCUT2D eigenvalue weighted by atomic mass is 16.5. The standard InChI is InChI=1S/C20H27NO6/c1-13(22)15-7-10-17(18(12-15)26-2)27-11-3-4-19(23)21-16-8-5-14(6-9-16)20(24)25/h7,10,12,14,16H,3-6,8-9,11H2,1-2H3,(H,21,23)(H,24,25). The van der Waals surface area contributed by atoms with Crippen molar-refractivity contribution < 1.29 is 29.0 Å². The molecule has 0 aromatic heterocycles. The summed E-state index contributed by atoms with van der Waals surface area (Å²) in [5, 5.41) is 12.0. The predicted molar refractivity (Wildman–Crippen MR) is 99.3 cm³/mol. The minimum Gasteiger partial charge on any atom is -0.493 e. The van der Waals surface area contributed by atoms with E-state index < -0.39 is 5.97 Å². The first-order valence-electron chi connectivity index (χ1n) is 9.24. The largest absolute Gasteiger partial charge is 0.493 e. The number of Topliss-reactive ketones (excluding diaryl/α,β-unsaturated/α-hetero) is 1. The van der Waals surface area contributed by atoms with Crippen molar-refractivity contribution in [1.29, 1.82) is 0 Å². The maximum absolute atomic E-state index is 12.0. The van der Waals surface area contributed by atoms with E-state index in [4.69, 9.17) is 14.6 Å². The van der Waals surface area contributed by atoms with Gasteiger partial charge >= 0.3 is 5.97 Å². The molecule has 1 fully saturated rings. The van der Waals surface area contributed by atoms with E-state index in [0.29, 0.717) is 62.2 Å². The molecule has 0 saturated heterocycles. The fraction of sp³-hybridized carbons (Fsp3) is 0.550. The molecule has 1 amide bonds. The number of hydrogen-bond donors (Lipinski definition) is 2. The molecule has 7 nitrogen and oxygen atoms in total. The highest BCUT2D eigenvalue weighted by Gasteiger charge is 2.26. The van der Waals surface area contributed by atoms with Crippen LogP contribution in [-0.2, 0) is 9.59 Å². The molecule has 2 rings (SSSR count). The Morgan fingerprint density at radius 1 is 1.15 bits per heavy atom. The summed E-state index contributed by atoms with van der Waals surface area (Å²) in [4.78, 5) is 34.4. The van der Waals surface area contributed by atoms with E-state index in [2.05, 4.69) is 5.32 Å². The van der Waals surface area contributed by atoms with Gasteiger partial charge in [-0.2, -0.15) is 0 Å². The molecule has 0 spiro atoms. The quantitative estimate of drug-likeness (QED) is 0.507. The van der Waals surface area contributed by atoms with E-state index in [-0.39, 0.29) is 23.7 Å². The van der Waals surface area contributed by atoms with Crippen LogP contribution in [0, 0.1) is 5.92 Å². The van der Waals surface area contributed by atoms with Crippen LogP contribution in [-0.4, -0.2) is 42.5 Å². The molecule has 148 valence electrons. The Morgan fingerprint density at radius 3 is 2.44 bits per heavy atom. The fourth-order valence-corrected chi connectivity index (χ4v) is 3.21. The predicted octanol–water partition coefficient (Wildman–Crippen LogP) is 2.82. The Kier molecular flexibility index (Phi) is 7.64. The number of amides is 1. The van der Waals surface area contributed by atoms with Gasteiger partial charge in [-0.25, -0.2) is 0 Å². The van der Waals surface area contributed by atoms with Crippen molar-refractivity contribution in [2.45, 2.75) is 51.5 Å². The second-order valence-electron chi connectivity index (χ2n) is 6.83. The Labute approximate surface area is 159 Å². The highest BCUT2D eigenvalue weighted by molar-refractivity contribution is 5.94. The number of carbonyl (C=O) groups is 3. The molecule has 1 saturated carbocycles. The zero-order valence-corrected chi connectivity index (χ0v) is 15.8. The summed E-state index contributed by atoms with van der Waals surface area (Å²) in [5.74, 6) is -0.0953. The molecule has 0 bridgehead atoms. The van der Waals surface area contributed by atoms with Crippen LogP contribution in [0.1, 0.15) is 55.8 Å². The third-order valence-electron chi connectivity index (χ3n) is 4.82. The lowest BCUT2D eigenvalue weighted by atomic mass is 9.86. The van der Waals surface area contributed by atoms with Gasteiger partial charge < -0.3 is 19.9 Å². The summed E-state index contributed by atoms with van der Waals surface area (Å²) in [6.07, 6.45) is 3.53. The minimum atomic E-state index is -0.747. The third-order valence-corrected chi connectivity index (χ3v) is 4.82. The number of ether oxygens (including phenoxy) is 2. The van der Waals surface area contributed by atoms with Crippen LogP contribution in [0.4, 0.5) is 0 Å². The molecule has 27 heavy (non-hydrogen) atoms. The lowest BCUT2D eigenvalue weighted by Crippen LogP contribution is -2.38. The van der Waals surface area contributed by atoms with Gasteiger partial charge in [0.25, 0.3) is 0 Å². The van der Waals surface area contributed by atoms with Crippen molar-refractivity contribution in [3.63, 3.8) is 0 Å². The fourth-order valence-electron chi connectivity index (χ4n) is 3.21. The number of nitrogens with one attached hydrogen (secondary N) is 1. The van der Waals surface area contributed by atoms with E-state index in [1.54, 1.807) is 18.2 Å². The van der Waals surface area contributed by atoms with Gasteiger partial charge in [0, 0.05) is 18.0 Å². The van der Waals surface area contributed by atoms with Crippen LogP contribution in [0.2, 0.25) is 0 Å². The Morgan fingerprint density at radius 2 is 1.85 bits per heavy atom. The monoisotopic (exact) mass is 377 g/mol. The lowest BCUT2D eigenvalue weighted by molar-refractivity contribution is -0.142. The number of benzene rings is 1. The number of ketones is 1. The van der Waals surface area contributed by atoms with Crippen molar-refractivity contribution in [2.24, 2.45) is 5.92 Å². The number of methoxy groups -OCH3 is 1. The van der Waals surface area contributed by atoms with E-state index in [0.717, 1.165) is 0 Å². The summed E-state index contributed by atoms with van der Waals surface area (Å²) in [5.41, 5.74) is 0.552. The molecular formula is C20H27NO6. The second-order valence-corrected chi connectivity index (χ2v) is 6.83. The second kappa shape index (κ2) is 9.94. The molecule has 1 aliphatic carbocycles. The van der Waals surface area contributed by atoms with Crippen LogP contribution < -0.4 is 14.8 Å². The maximum atomic E-state index is 12.0. The molecular weight excluding hydrogens is 350 g/mol. The van der Waals surface area contributed by atoms with Gasteiger partial charge in [0.15, 0.2) is 17.3 Å².